The van der Waals surface area contributed by atoms with Gasteiger partial charge < -0.3 is 16.4 Å². The molecule has 9 heteroatoms. The van der Waals surface area contributed by atoms with Crippen LogP contribution in [0, 0.1) is 13.8 Å². The second kappa shape index (κ2) is 5.62. The van der Waals surface area contributed by atoms with E-state index >= 15 is 0 Å². The molecule has 21 heavy (non-hydrogen) atoms. The summed E-state index contributed by atoms with van der Waals surface area (Å²) < 4.78 is 0. The number of rotatable bonds is 4. The van der Waals surface area contributed by atoms with Gasteiger partial charge in [0.2, 0.25) is 0 Å². The fraction of sp³-hybridized carbons (Fsp3) is 0.167. The number of aromatic nitrogens is 4. The van der Waals surface area contributed by atoms with Crippen molar-refractivity contribution in [2.24, 2.45) is 0 Å². The van der Waals surface area contributed by atoms with Crippen LogP contribution in [-0.2, 0) is 0 Å². The normalized spacial score (nSPS) is 10.6. The van der Waals surface area contributed by atoms with Gasteiger partial charge in [0.15, 0.2) is 21.9 Å². The predicted molar refractivity (Wildman–Crippen MR) is 86.7 cm³/mol. The van der Waals surface area contributed by atoms with E-state index in [0.717, 1.165) is 20.8 Å². The Kier molecular flexibility index (Phi) is 3.67. The van der Waals surface area contributed by atoms with Crippen molar-refractivity contribution >= 4 is 50.3 Å². The van der Waals surface area contributed by atoms with Crippen LogP contribution >= 0.6 is 22.7 Å². The molecule has 0 aliphatic heterocycles. The zero-order valence-corrected chi connectivity index (χ0v) is 13.0. The van der Waals surface area contributed by atoms with E-state index in [0.29, 0.717) is 17.3 Å². The second-order valence-electron chi connectivity index (χ2n) is 4.23. The quantitative estimate of drug-likeness (QED) is 0.679. The van der Waals surface area contributed by atoms with Gasteiger partial charge in [0.05, 0.1) is 5.69 Å². The van der Waals surface area contributed by atoms with Crippen molar-refractivity contribution in [1.29, 1.82) is 0 Å². The van der Waals surface area contributed by atoms with Gasteiger partial charge >= 0.3 is 0 Å². The number of nitrogens with two attached hydrogens (primary N) is 1. The van der Waals surface area contributed by atoms with Crippen LogP contribution in [0.3, 0.4) is 0 Å². The van der Waals surface area contributed by atoms with Gasteiger partial charge in [0.1, 0.15) is 12.0 Å². The summed E-state index contributed by atoms with van der Waals surface area (Å²) in [5, 5.41) is 9.56. The highest BCUT2D eigenvalue weighted by Gasteiger charge is 2.11. The third kappa shape index (κ3) is 2.93. The standard InChI is InChI=1S/C12H13N7S2/c1-6-7(2)21-12(17-6)19-10-8(13)9(15-5-16-10)18-11-14-3-4-20-11/h3-5H,13H2,1-2H3,(H2,14,15,16,17,18,19). The fourth-order valence-electron chi connectivity index (χ4n) is 1.61. The minimum absolute atomic E-state index is 0.429. The molecular weight excluding hydrogens is 306 g/mol. The highest BCUT2D eigenvalue weighted by atomic mass is 32.1. The van der Waals surface area contributed by atoms with Crippen molar-refractivity contribution in [3.63, 3.8) is 0 Å². The van der Waals surface area contributed by atoms with Crippen LogP contribution in [0.5, 0.6) is 0 Å². The maximum absolute atomic E-state index is 6.10. The van der Waals surface area contributed by atoms with Crippen LogP contribution in [0.15, 0.2) is 17.9 Å². The molecular formula is C12H13N7S2. The molecule has 0 radical (unpaired) electrons. The van der Waals surface area contributed by atoms with Gasteiger partial charge in [0, 0.05) is 16.5 Å². The lowest BCUT2D eigenvalue weighted by Crippen LogP contribution is -2.05. The zero-order chi connectivity index (χ0) is 14.8. The van der Waals surface area contributed by atoms with Gasteiger partial charge in [-0.15, -0.1) is 22.7 Å². The Morgan fingerprint density at radius 2 is 1.76 bits per heavy atom. The molecule has 0 spiro atoms. The number of nitrogen functional groups attached to an aromatic ring is 1. The molecule has 3 heterocycles. The number of nitrogens with one attached hydrogen (secondary N) is 2. The number of anilines is 5. The highest BCUT2D eigenvalue weighted by Crippen LogP contribution is 2.30. The summed E-state index contributed by atoms with van der Waals surface area (Å²) >= 11 is 3.03. The van der Waals surface area contributed by atoms with Crippen LogP contribution in [0.1, 0.15) is 10.6 Å². The van der Waals surface area contributed by atoms with Gasteiger partial charge in [-0.3, -0.25) is 0 Å². The molecule has 0 bridgehead atoms. The van der Waals surface area contributed by atoms with Crippen LogP contribution in [0.2, 0.25) is 0 Å². The van der Waals surface area contributed by atoms with E-state index in [-0.39, 0.29) is 0 Å². The molecule has 0 amide bonds. The fourth-order valence-corrected chi connectivity index (χ4v) is 2.95. The molecule has 0 atom stereocenters. The summed E-state index contributed by atoms with van der Waals surface area (Å²) in [5.41, 5.74) is 7.52. The summed E-state index contributed by atoms with van der Waals surface area (Å²) in [5.74, 6) is 1.05. The van der Waals surface area contributed by atoms with E-state index in [9.17, 15) is 0 Å². The minimum atomic E-state index is 0.429. The van der Waals surface area contributed by atoms with Gasteiger partial charge in [-0.25, -0.2) is 19.9 Å². The first kappa shape index (κ1) is 13.7. The molecule has 0 saturated heterocycles. The Bertz CT molecular complexity index is 732. The number of nitrogens with zero attached hydrogens (tertiary/aromatic N) is 4. The maximum Gasteiger partial charge on any atom is 0.188 e. The van der Waals surface area contributed by atoms with E-state index in [1.165, 1.54) is 17.7 Å². The summed E-state index contributed by atoms with van der Waals surface area (Å²) in [6.45, 7) is 3.99. The van der Waals surface area contributed by atoms with Crippen molar-refractivity contribution < 1.29 is 0 Å². The van der Waals surface area contributed by atoms with Crippen molar-refractivity contribution in [3.8, 4) is 0 Å². The maximum atomic E-state index is 6.10. The summed E-state index contributed by atoms with van der Waals surface area (Å²) in [4.78, 5) is 18.0. The van der Waals surface area contributed by atoms with E-state index in [1.54, 1.807) is 17.5 Å². The molecule has 4 N–H and O–H groups in total. The van der Waals surface area contributed by atoms with Crippen LogP contribution in [-0.4, -0.2) is 19.9 Å². The van der Waals surface area contributed by atoms with Gasteiger partial charge in [-0.2, -0.15) is 0 Å². The molecule has 0 unspecified atom stereocenters. The number of hydrogen-bond donors (Lipinski definition) is 3. The molecule has 0 aromatic carbocycles. The lowest BCUT2D eigenvalue weighted by atomic mass is 10.4. The number of aryl methyl sites for hydroxylation is 2. The second-order valence-corrected chi connectivity index (χ2v) is 6.33. The summed E-state index contributed by atoms with van der Waals surface area (Å²) in [6, 6.07) is 0. The smallest absolute Gasteiger partial charge is 0.188 e. The van der Waals surface area contributed by atoms with E-state index in [2.05, 4.69) is 30.6 Å². The largest absolute Gasteiger partial charge is 0.393 e. The SMILES string of the molecule is Cc1nc(Nc2ncnc(Nc3nccs3)c2N)sc1C. The number of thiazole rings is 2. The van der Waals surface area contributed by atoms with Crippen molar-refractivity contribution in [2.75, 3.05) is 16.4 Å². The van der Waals surface area contributed by atoms with E-state index in [1.807, 2.05) is 19.2 Å². The average Bonchev–Trinajstić information content (AvgIpc) is 3.06. The van der Waals surface area contributed by atoms with Crippen molar-refractivity contribution in [2.45, 2.75) is 13.8 Å². The first-order valence-corrected chi connectivity index (χ1v) is 7.81. The van der Waals surface area contributed by atoms with Crippen LogP contribution < -0.4 is 16.4 Å². The molecule has 7 nitrogen and oxygen atoms in total. The first-order chi connectivity index (χ1) is 10.1. The molecule has 108 valence electrons. The predicted octanol–water partition coefficient (Wildman–Crippen LogP) is 3.08. The Balaban J connectivity index is 1.86. The van der Waals surface area contributed by atoms with Crippen LogP contribution in [0.25, 0.3) is 0 Å². The summed E-state index contributed by atoms with van der Waals surface area (Å²) in [6.07, 6.45) is 3.16. The Hall–Kier alpha value is -2.26. The minimum Gasteiger partial charge on any atom is -0.393 e. The third-order valence-electron chi connectivity index (χ3n) is 2.80. The van der Waals surface area contributed by atoms with Crippen LogP contribution in [0.4, 0.5) is 27.6 Å². The molecule has 0 aliphatic rings. The summed E-state index contributed by atoms with van der Waals surface area (Å²) in [7, 11) is 0. The Morgan fingerprint density at radius 3 is 2.33 bits per heavy atom. The first-order valence-electron chi connectivity index (χ1n) is 6.11. The lowest BCUT2D eigenvalue weighted by Gasteiger charge is -2.09. The molecule has 3 rings (SSSR count). The highest BCUT2D eigenvalue weighted by molar-refractivity contribution is 7.15. The van der Waals surface area contributed by atoms with Gasteiger partial charge in [-0.05, 0) is 13.8 Å². The van der Waals surface area contributed by atoms with Crippen molar-refractivity contribution in [1.82, 2.24) is 19.9 Å². The third-order valence-corrected chi connectivity index (χ3v) is 4.47. The molecule has 3 aromatic heterocycles. The van der Waals surface area contributed by atoms with Gasteiger partial charge in [0.25, 0.3) is 0 Å². The monoisotopic (exact) mass is 319 g/mol. The van der Waals surface area contributed by atoms with Crippen molar-refractivity contribution in [3.05, 3.63) is 28.5 Å². The Morgan fingerprint density at radius 1 is 1.05 bits per heavy atom. The zero-order valence-electron chi connectivity index (χ0n) is 11.4. The Labute approximate surface area is 129 Å². The molecule has 0 fully saturated rings. The lowest BCUT2D eigenvalue weighted by molar-refractivity contribution is 1.16. The molecule has 0 aliphatic carbocycles. The van der Waals surface area contributed by atoms with E-state index < -0.39 is 0 Å². The van der Waals surface area contributed by atoms with Gasteiger partial charge in [-0.1, -0.05) is 0 Å². The average molecular weight is 319 g/mol. The molecule has 3 aromatic rings. The topological polar surface area (TPSA) is 102 Å². The molecule has 0 saturated carbocycles. The number of hydrogen-bond acceptors (Lipinski definition) is 9. The van der Waals surface area contributed by atoms with E-state index in [4.69, 9.17) is 5.73 Å².